The number of anilines is 6. The fourth-order valence-corrected chi connectivity index (χ4v) is 9.80. The van der Waals surface area contributed by atoms with Crippen LogP contribution in [0.4, 0.5) is 34.4 Å². The quantitative estimate of drug-likeness (QED) is 0.189. The number of aromatic nitrogens is 2. The minimum Gasteiger partial charge on any atom is -0.324 e. The average Bonchev–Trinajstić information content (AvgIpc) is 3.44. The summed E-state index contributed by atoms with van der Waals surface area (Å²) in [7, 11) is 0. The lowest BCUT2D eigenvalue weighted by Gasteiger charge is -2.44. The van der Waals surface area contributed by atoms with Crippen LogP contribution >= 0.6 is 0 Å². The van der Waals surface area contributed by atoms with Gasteiger partial charge in [0.15, 0.2) is 11.6 Å². The summed E-state index contributed by atoms with van der Waals surface area (Å²) in [5, 5.41) is 0. The molecule has 6 aromatic rings. The standard InChI is InChI=1S/C43H34N6/c1-42-32-20-10-14-24-36(32)47-26-25-46(28-15-5-3-6-16-28)41(47)43(42,2)38(42)31-27-37-48(29-17-7-4-8-18-29)39-40(45-34-22-12-11-21-33(34)44-39)49(37)35-23-13-9-19-30(31)35/h3-26,37,41H,27H2,1-2H3. The minimum absolute atomic E-state index is 0.0141. The van der Waals surface area contributed by atoms with E-state index in [1.54, 1.807) is 0 Å². The highest BCUT2D eigenvalue weighted by atomic mass is 15.5. The third kappa shape index (κ3) is 3.31. The second kappa shape index (κ2) is 9.38. The molecule has 4 atom stereocenters. The van der Waals surface area contributed by atoms with Crippen molar-refractivity contribution in [2.24, 2.45) is 5.41 Å². The van der Waals surface area contributed by atoms with Crippen LogP contribution in [-0.2, 0) is 5.41 Å². The van der Waals surface area contributed by atoms with Crippen molar-refractivity contribution in [2.45, 2.75) is 38.0 Å². The molecule has 6 heteroatoms. The van der Waals surface area contributed by atoms with Crippen molar-refractivity contribution in [3.05, 3.63) is 163 Å². The molecule has 5 aliphatic rings. The average molecular weight is 635 g/mol. The number of hydrogen-bond donors (Lipinski definition) is 0. The zero-order valence-electron chi connectivity index (χ0n) is 27.4. The van der Waals surface area contributed by atoms with E-state index >= 15 is 0 Å². The highest BCUT2D eigenvalue weighted by Crippen LogP contribution is 2.78. The number of hydrogen-bond acceptors (Lipinski definition) is 6. The molecule has 1 fully saturated rings. The Morgan fingerprint density at radius 3 is 1.88 bits per heavy atom. The summed E-state index contributed by atoms with van der Waals surface area (Å²) >= 11 is 0. The van der Waals surface area contributed by atoms with Crippen molar-refractivity contribution in [2.75, 3.05) is 19.6 Å². The zero-order valence-corrected chi connectivity index (χ0v) is 27.4. The molecule has 5 aromatic carbocycles. The van der Waals surface area contributed by atoms with Gasteiger partial charge >= 0.3 is 0 Å². The molecule has 0 N–H and O–H groups in total. The Morgan fingerprint density at radius 1 is 0.571 bits per heavy atom. The summed E-state index contributed by atoms with van der Waals surface area (Å²) in [5.41, 5.74) is 12.0. The predicted octanol–water partition coefficient (Wildman–Crippen LogP) is 9.52. The molecule has 49 heavy (non-hydrogen) atoms. The SMILES string of the molecule is CC12C(=C3CC4N(c5ccccc5)c5nc6ccccc6nc5N4c4ccccc43)C1(C)C1N(c3ccccc3)C=CN1c1ccccc12. The summed E-state index contributed by atoms with van der Waals surface area (Å²) in [5.74, 6) is 1.83. The molecule has 0 saturated heterocycles. The van der Waals surface area contributed by atoms with Gasteiger partial charge in [-0.15, -0.1) is 0 Å². The topological polar surface area (TPSA) is 38.7 Å². The Morgan fingerprint density at radius 2 is 1.14 bits per heavy atom. The summed E-state index contributed by atoms with van der Waals surface area (Å²) in [6, 6.07) is 47.8. The summed E-state index contributed by atoms with van der Waals surface area (Å²) < 4.78 is 0. The zero-order chi connectivity index (χ0) is 32.5. The van der Waals surface area contributed by atoms with Gasteiger partial charge in [0.1, 0.15) is 12.3 Å². The van der Waals surface area contributed by atoms with E-state index in [-0.39, 0.29) is 23.2 Å². The van der Waals surface area contributed by atoms with E-state index in [4.69, 9.17) is 9.97 Å². The van der Waals surface area contributed by atoms with Gasteiger partial charge in [0.2, 0.25) is 0 Å². The van der Waals surface area contributed by atoms with Crippen LogP contribution in [0.15, 0.2) is 151 Å². The molecule has 0 spiro atoms. The molecular formula is C43H34N6. The molecule has 5 heterocycles. The second-order valence-electron chi connectivity index (χ2n) is 14.2. The molecule has 0 amide bonds. The van der Waals surface area contributed by atoms with E-state index in [9.17, 15) is 0 Å². The van der Waals surface area contributed by atoms with Crippen LogP contribution in [0.3, 0.4) is 0 Å². The van der Waals surface area contributed by atoms with E-state index in [0.717, 1.165) is 34.8 Å². The Hall–Kier alpha value is -5.88. The summed E-state index contributed by atoms with van der Waals surface area (Å²) in [4.78, 5) is 20.5. The van der Waals surface area contributed by atoms with Crippen molar-refractivity contribution < 1.29 is 0 Å². The van der Waals surface area contributed by atoms with E-state index in [1.165, 1.54) is 39.3 Å². The van der Waals surface area contributed by atoms with Crippen LogP contribution in [-0.4, -0.2) is 22.3 Å². The van der Waals surface area contributed by atoms with Crippen molar-refractivity contribution in [1.82, 2.24) is 9.97 Å². The third-order valence-corrected chi connectivity index (χ3v) is 12.0. The number of benzene rings is 5. The van der Waals surface area contributed by atoms with Crippen LogP contribution in [0.2, 0.25) is 0 Å². The third-order valence-electron chi connectivity index (χ3n) is 12.0. The highest BCUT2D eigenvalue weighted by Gasteiger charge is 2.77. The van der Waals surface area contributed by atoms with Crippen molar-refractivity contribution >= 4 is 51.0 Å². The molecule has 4 aliphatic heterocycles. The maximum absolute atomic E-state index is 5.30. The monoisotopic (exact) mass is 634 g/mol. The number of para-hydroxylation sites is 6. The molecule has 1 saturated carbocycles. The van der Waals surface area contributed by atoms with Crippen LogP contribution in [0, 0.1) is 5.41 Å². The van der Waals surface area contributed by atoms with Crippen molar-refractivity contribution in [3.8, 4) is 0 Å². The van der Waals surface area contributed by atoms with Gasteiger partial charge in [-0.3, -0.25) is 0 Å². The van der Waals surface area contributed by atoms with E-state index in [0.29, 0.717) is 0 Å². The number of rotatable bonds is 2. The Kier molecular flexibility index (Phi) is 5.19. The van der Waals surface area contributed by atoms with Gasteiger partial charge in [-0.1, -0.05) is 98.8 Å². The first-order chi connectivity index (χ1) is 24.1. The maximum atomic E-state index is 5.30. The Balaban J connectivity index is 1.16. The first-order valence-corrected chi connectivity index (χ1v) is 17.2. The fourth-order valence-electron chi connectivity index (χ4n) is 9.80. The summed E-state index contributed by atoms with van der Waals surface area (Å²) in [6.07, 6.45) is 5.50. The Bertz CT molecular complexity index is 2400. The second-order valence-corrected chi connectivity index (χ2v) is 14.2. The van der Waals surface area contributed by atoms with Gasteiger partial charge in [0.05, 0.1) is 16.7 Å². The van der Waals surface area contributed by atoms with Crippen LogP contribution in [0.25, 0.3) is 16.6 Å². The fraction of sp³-hybridized carbons (Fsp3) is 0.163. The van der Waals surface area contributed by atoms with Crippen LogP contribution < -0.4 is 19.6 Å². The van der Waals surface area contributed by atoms with Gasteiger partial charge in [0, 0.05) is 52.3 Å². The highest BCUT2D eigenvalue weighted by molar-refractivity contribution is 5.98. The molecule has 0 bridgehead atoms. The first-order valence-electron chi connectivity index (χ1n) is 17.2. The molecule has 11 rings (SSSR count). The van der Waals surface area contributed by atoms with E-state index < -0.39 is 0 Å². The van der Waals surface area contributed by atoms with Crippen LogP contribution in [0.5, 0.6) is 0 Å². The Labute approximate surface area is 285 Å². The normalized spacial score (nSPS) is 27.0. The molecule has 0 radical (unpaired) electrons. The van der Waals surface area contributed by atoms with Gasteiger partial charge in [0.25, 0.3) is 0 Å². The minimum atomic E-state index is -0.153. The number of nitrogens with zero attached hydrogens (tertiary/aromatic N) is 6. The van der Waals surface area contributed by atoms with E-state index in [1.807, 2.05) is 12.1 Å². The molecule has 1 aliphatic carbocycles. The van der Waals surface area contributed by atoms with Crippen molar-refractivity contribution in [3.63, 3.8) is 0 Å². The van der Waals surface area contributed by atoms with Crippen molar-refractivity contribution in [1.29, 1.82) is 0 Å². The summed E-state index contributed by atoms with van der Waals surface area (Å²) in [6.45, 7) is 5.01. The lowest BCUT2D eigenvalue weighted by atomic mass is 9.81. The molecule has 1 aromatic heterocycles. The van der Waals surface area contributed by atoms with E-state index in [2.05, 4.69) is 167 Å². The van der Waals surface area contributed by atoms with Gasteiger partial charge in [-0.05, 0) is 65.2 Å². The molecule has 6 nitrogen and oxygen atoms in total. The maximum Gasteiger partial charge on any atom is 0.179 e. The lowest BCUT2D eigenvalue weighted by Crippen LogP contribution is -2.50. The molecule has 4 unspecified atom stereocenters. The smallest absolute Gasteiger partial charge is 0.179 e. The van der Waals surface area contributed by atoms with Crippen LogP contribution in [0.1, 0.15) is 31.4 Å². The van der Waals surface area contributed by atoms with Gasteiger partial charge < -0.3 is 19.6 Å². The molecule has 236 valence electrons. The lowest BCUT2D eigenvalue weighted by molar-refractivity contribution is 0.374. The van der Waals surface area contributed by atoms with Gasteiger partial charge in [-0.25, -0.2) is 9.97 Å². The predicted molar refractivity (Wildman–Crippen MR) is 198 cm³/mol. The largest absolute Gasteiger partial charge is 0.324 e. The molecular weight excluding hydrogens is 601 g/mol. The number of fused-ring (bicyclic) bond motifs is 12. The first kappa shape index (κ1) is 27.1. The van der Waals surface area contributed by atoms with Gasteiger partial charge in [-0.2, -0.15) is 0 Å².